The smallest absolute Gasteiger partial charge is 0.0660 e. The standard InChI is InChI=1S/C17H18BrClN2O/c18-14-3-1-2-13(10-14)12-20-15-4-5-17(16(19)11-15)21-6-8-22-9-7-21/h1-5,10-11,20H,6-9,12H2. The summed E-state index contributed by atoms with van der Waals surface area (Å²) < 4.78 is 6.47. The number of halogens is 2. The molecule has 1 aliphatic rings. The molecular formula is C17H18BrClN2O. The lowest BCUT2D eigenvalue weighted by molar-refractivity contribution is 0.122. The van der Waals surface area contributed by atoms with Crippen LogP contribution in [0.1, 0.15) is 5.56 Å². The molecule has 0 bridgehead atoms. The third-order valence-electron chi connectivity index (χ3n) is 3.69. The van der Waals surface area contributed by atoms with Gasteiger partial charge in [0.05, 0.1) is 23.9 Å². The third-order valence-corrected chi connectivity index (χ3v) is 4.48. The van der Waals surface area contributed by atoms with Crippen LogP contribution < -0.4 is 10.2 Å². The number of anilines is 2. The first-order chi connectivity index (χ1) is 10.7. The maximum absolute atomic E-state index is 6.44. The summed E-state index contributed by atoms with van der Waals surface area (Å²) in [4.78, 5) is 2.27. The summed E-state index contributed by atoms with van der Waals surface area (Å²) in [6.07, 6.45) is 0. The Balaban J connectivity index is 1.66. The highest BCUT2D eigenvalue weighted by Gasteiger charge is 2.14. The SMILES string of the molecule is Clc1cc(NCc2cccc(Br)c2)ccc1N1CCOCC1. The highest BCUT2D eigenvalue weighted by molar-refractivity contribution is 9.10. The van der Waals surface area contributed by atoms with Crippen molar-refractivity contribution < 1.29 is 4.74 Å². The van der Waals surface area contributed by atoms with Gasteiger partial charge in [0.2, 0.25) is 0 Å². The molecule has 3 rings (SSSR count). The fourth-order valence-electron chi connectivity index (χ4n) is 2.53. The predicted molar refractivity (Wildman–Crippen MR) is 96.0 cm³/mol. The molecule has 2 aromatic rings. The van der Waals surface area contributed by atoms with E-state index in [1.54, 1.807) is 0 Å². The normalized spacial score (nSPS) is 14.9. The fraction of sp³-hybridized carbons (Fsp3) is 0.294. The number of nitrogens with one attached hydrogen (secondary N) is 1. The molecular weight excluding hydrogens is 364 g/mol. The van der Waals surface area contributed by atoms with E-state index in [2.05, 4.69) is 50.4 Å². The van der Waals surface area contributed by atoms with Gasteiger partial charge in [-0.25, -0.2) is 0 Å². The van der Waals surface area contributed by atoms with Gasteiger partial charge >= 0.3 is 0 Å². The zero-order valence-corrected chi connectivity index (χ0v) is 14.5. The zero-order chi connectivity index (χ0) is 15.4. The summed E-state index contributed by atoms with van der Waals surface area (Å²) in [7, 11) is 0. The molecule has 3 nitrogen and oxygen atoms in total. The molecule has 5 heteroatoms. The average Bonchev–Trinajstić information content (AvgIpc) is 2.54. The molecule has 0 saturated carbocycles. The van der Waals surface area contributed by atoms with E-state index in [-0.39, 0.29) is 0 Å². The number of hydrogen-bond donors (Lipinski definition) is 1. The van der Waals surface area contributed by atoms with Crippen LogP contribution in [0.25, 0.3) is 0 Å². The predicted octanol–water partition coefficient (Wildman–Crippen LogP) is 4.55. The number of morpholine rings is 1. The van der Waals surface area contributed by atoms with E-state index in [0.717, 1.165) is 53.7 Å². The molecule has 1 fully saturated rings. The largest absolute Gasteiger partial charge is 0.381 e. The molecule has 1 aliphatic heterocycles. The quantitative estimate of drug-likeness (QED) is 0.841. The Morgan fingerprint density at radius 2 is 1.95 bits per heavy atom. The Morgan fingerprint density at radius 1 is 1.14 bits per heavy atom. The third kappa shape index (κ3) is 3.94. The van der Waals surface area contributed by atoms with Gasteiger partial charge in [-0.1, -0.05) is 39.7 Å². The van der Waals surface area contributed by atoms with Crippen molar-refractivity contribution in [2.45, 2.75) is 6.54 Å². The van der Waals surface area contributed by atoms with Crippen molar-refractivity contribution in [2.24, 2.45) is 0 Å². The van der Waals surface area contributed by atoms with E-state index < -0.39 is 0 Å². The number of ether oxygens (including phenoxy) is 1. The van der Waals surface area contributed by atoms with Gasteiger partial charge in [-0.05, 0) is 35.9 Å². The Hall–Kier alpha value is -1.23. The molecule has 2 aromatic carbocycles. The summed E-state index contributed by atoms with van der Waals surface area (Å²) in [6.45, 7) is 4.08. The van der Waals surface area contributed by atoms with Crippen molar-refractivity contribution in [3.63, 3.8) is 0 Å². The number of hydrogen-bond acceptors (Lipinski definition) is 3. The Kier molecular flexibility index (Phi) is 5.24. The fourth-order valence-corrected chi connectivity index (χ4v) is 3.28. The molecule has 1 saturated heterocycles. The molecule has 1 heterocycles. The van der Waals surface area contributed by atoms with Crippen molar-refractivity contribution in [3.05, 3.63) is 57.5 Å². The lowest BCUT2D eigenvalue weighted by Crippen LogP contribution is -2.36. The van der Waals surface area contributed by atoms with Crippen LogP contribution in [0.4, 0.5) is 11.4 Å². The van der Waals surface area contributed by atoms with Crippen molar-refractivity contribution in [2.75, 3.05) is 36.5 Å². The minimum Gasteiger partial charge on any atom is -0.381 e. The van der Waals surface area contributed by atoms with E-state index in [4.69, 9.17) is 16.3 Å². The monoisotopic (exact) mass is 380 g/mol. The van der Waals surface area contributed by atoms with Gasteiger partial charge in [0.1, 0.15) is 0 Å². The van der Waals surface area contributed by atoms with Crippen molar-refractivity contribution >= 4 is 38.9 Å². The maximum Gasteiger partial charge on any atom is 0.0660 e. The first-order valence-electron chi connectivity index (χ1n) is 7.33. The summed E-state index contributed by atoms with van der Waals surface area (Å²) in [6, 6.07) is 14.4. The minimum absolute atomic E-state index is 0.763. The first-order valence-corrected chi connectivity index (χ1v) is 8.50. The molecule has 0 unspecified atom stereocenters. The van der Waals surface area contributed by atoms with E-state index in [1.807, 2.05) is 18.2 Å². The van der Waals surface area contributed by atoms with Gasteiger partial charge < -0.3 is 15.0 Å². The molecule has 0 spiro atoms. The van der Waals surface area contributed by atoms with Crippen molar-refractivity contribution in [1.29, 1.82) is 0 Å². The lowest BCUT2D eigenvalue weighted by Gasteiger charge is -2.29. The van der Waals surface area contributed by atoms with Crippen molar-refractivity contribution in [1.82, 2.24) is 0 Å². The van der Waals surface area contributed by atoms with Crippen LogP contribution in [0.2, 0.25) is 5.02 Å². The molecule has 0 radical (unpaired) electrons. The number of rotatable bonds is 4. The molecule has 0 aliphatic carbocycles. The Labute approximate surface area is 144 Å². The van der Waals surface area contributed by atoms with E-state index in [0.29, 0.717) is 0 Å². The first kappa shape index (κ1) is 15.7. The highest BCUT2D eigenvalue weighted by Crippen LogP contribution is 2.29. The van der Waals surface area contributed by atoms with Crippen LogP contribution in [0.5, 0.6) is 0 Å². The molecule has 0 amide bonds. The van der Waals surface area contributed by atoms with Gasteiger partial charge in [0, 0.05) is 29.8 Å². The van der Waals surface area contributed by atoms with Crippen LogP contribution in [0.3, 0.4) is 0 Å². The Morgan fingerprint density at radius 3 is 2.68 bits per heavy atom. The maximum atomic E-state index is 6.44. The van der Waals surface area contributed by atoms with Crippen LogP contribution in [-0.2, 0) is 11.3 Å². The molecule has 1 N–H and O–H groups in total. The van der Waals surface area contributed by atoms with E-state index in [9.17, 15) is 0 Å². The second-order valence-electron chi connectivity index (χ2n) is 5.25. The average molecular weight is 382 g/mol. The number of benzene rings is 2. The van der Waals surface area contributed by atoms with Gasteiger partial charge in [0.25, 0.3) is 0 Å². The van der Waals surface area contributed by atoms with Gasteiger partial charge in [0.15, 0.2) is 0 Å². The summed E-state index contributed by atoms with van der Waals surface area (Å²) in [5.74, 6) is 0. The Bertz CT molecular complexity index is 644. The van der Waals surface area contributed by atoms with Crippen LogP contribution in [-0.4, -0.2) is 26.3 Å². The summed E-state index contributed by atoms with van der Waals surface area (Å²) in [5, 5.41) is 4.19. The zero-order valence-electron chi connectivity index (χ0n) is 12.2. The molecule has 22 heavy (non-hydrogen) atoms. The molecule has 0 atom stereocenters. The van der Waals surface area contributed by atoms with E-state index in [1.165, 1.54) is 5.56 Å². The van der Waals surface area contributed by atoms with E-state index >= 15 is 0 Å². The summed E-state index contributed by atoms with van der Waals surface area (Å²) in [5.41, 5.74) is 3.34. The second-order valence-corrected chi connectivity index (χ2v) is 6.57. The van der Waals surface area contributed by atoms with Crippen LogP contribution >= 0.6 is 27.5 Å². The van der Waals surface area contributed by atoms with Gasteiger partial charge in [-0.3, -0.25) is 0 Å². The summed E-state index contributed by atoms with van der Waals surface area (Å²) >= 11 is 9.93. The second kappa shape index (κ2) is 7.36. The van der Waals surface area contributed by atoms with Crippen molar-refractivity contribution in [3.8, 4) is 0 Å². The molecule has 0 aromatic heterocycles. The van der Waals surface area contributed by atoms with Gasteiger partial charge in [-0.2, -0.15) is 0 Å². The van der Waals surface area contributed by atoms with Gasteiger partial charge in [-0.15, -0.1) is 0 Å². The lowest BCUT2D eigenvalue weighted by atomic mass is 10.2. The highest BCUT2D eigenvalue weighted by atomic mass is 79.9. The number of nitrogens with zero attached hydrogens (tertiary/aromatic N) is 1. The minimum atomic E-state index is 0.763. The topological polar surface area (TPSA) is 24.5 Å². The van der Waals surface area contributed by atoms with Crippen LogP contribution in [0, 0.1) is 0 Å². The van der Waals surface area contributed by atoms with Crippen LogP contribution in [0.15, 0.2) is 46.9 Å². The molecule has 116 valence electrons.